The second-order valence-electron chi connectivity index (χ2n) is 5.86. The van der Waals surface area contributed by atoms with Gasteiger partial charge < -0.3 is 5.73 Å². The first kappa shape index (κ1) is 15.1. The Balaban J connectivity index is 1.92. The normalized spacial score (nSPS) is 10.9. The molecule has 0 saturated carbocycles. The third-order valence-electron chi connectivity index (χ3n) is 4.16. The number of benzene rings is 1. The van der Waals surface area contributed by atoms with Gasteiger partial charge in [0.15, 0.2) is 0 Å². The van der Waals surface area contributed by atoms with Crippen molar-refractivity contribution in [1.82, 2.24) is 14.4 Å². The molecule has 0 unspecified atom stereocenters. The molecule has 0 fully saturated rings. The molecule has 4 rings (SSSR count). The Morgan fingerprint density at radius 1 is 1.00 bits per heavy atom. The van der Waals surface area contributed by atoms with Crippen molar-refractivity contribution in [1.29, 1.82) is 0 Å². The lowest BCUT2D eigenvalue weighted by molar-refractivity contribution is 0.0995. The zero-order chi connectivity index (χ0) is 17.4. The molecule has 1 aromatic carbocycles. The molecule has 0 bridgehead atoms. The average Bonchev–Trinajstić information content (AvgIpc) is 3.05. The minimum atomic E-state index is -0.502. The number of aryl methyl sites for hydroxylation is 1. The van der Waals surface area contributed by atoms with Gasteiger partial charge in [0.05, 0.1) is 11.9 Å². The van der Waals surface area contributed by atoms with Gasteiger partial charge in [-0.15, -0.1) is 0 Å². The topological polar surface area (TPSA) is 73.3 Å². The van der Waals surface area contributed by atoms with E-state index in [0.717, 1.165) is 28.1 Å². The summed E-state index contributed by atoms with van der Waals surface area (Å²) in [6, 6.07) is 17.9. The molecule has 3 aromatic heterocycles. The monoisotopic (exact) mass is 328 g/mol. The van der Waals surface area contributed by atoms with Gasteiger partial charge in [-0.05, 0) is 42.3 Å². The molecular formula is C20H16N4O. The summed E-state index contributed by atoms with van der Waals surface area (Å²) in [6.07, 6.45) is 3.38. The minimum Gasteiger partial charge on any atom is -0.364 e. The van der Waals surface area contributed by atoms with Crippen molar-refractivity contribution in [3.63, 3.8) is 0 Å². The fourth-order valence-corrected chi connectivity index (χ4v) is 2.97. The number of hydrogen-bond donors (Lipinski definition) is 1. The van der Waals surface area contributed by atoms with Crippen LogP contribution in [0.3, 0.4) is 0 Å². The van der Waals surface area contributed by atoms with E-state index < -0.39 is 5.91 Å². The number of primary amides is 1. The summed E-state index contributed by atoms with van der Waals surface area (Å²) < 4.78 is 1.72. The molecule has 5 heteroatoms. The van der Waals surface area contributed by atoms with E-state index in [0.29, 0.717) is 11.3 Å². The highest BCUT2D eigenvalue weighted by molar-refractivity contribution is 5.92. The van der Waals surface area contributed by atoms with Crippen LogP contribution in [0, 0.1) is 6.92 Å². The number of nitrogens with zero attached hydrogens (tertiary/aromatic N) is 3. The molecule has 0 aliphatic heterocycles. The highest BCUT2D eigenvalue weighted by Crippen LogP contribution is 2.31. The molecule has 122 valence electrons. The van der Waals surface area contributed by atoms with Crippen molar-refractivity contribution in [3.8, 4) is 22.4 Å². The smallest absolute Gasteiger partial charge is 0.267 e. The summed E-state index contributed by atoms with van der Waals surface area (Å²) in [7, 11) is 0. The maximum absolute atomic E-state index is 11.6. The van der Waals surface area contributed by atoms with Crippen LogP contribution in [0.15, 0.2) is 67.0 Å². The van der Waals surface area contributed by atoms with Crippen LogP contribution >= 0.6 is 0 Å². The molecule has 1 amide bonds. The van der Waals surface area contributed by atoms with E-state index in [1.165, 1.54) is 6.20 Å². The molecule has 3 heterocycles. The highest BCUT2D eigenvalue weighted by Gasteiger charge is 2.12. The fourth-order valence-electron chi connectivity index (χ4n) is 2.97. The number of carbonyl (C=O) groups is 1. The second-order valence-corrected chi connectivity index (χ2v) is 5.86. The van der Waals surface area contributed by atoms with Crippen molar-refractivity contribution in [2.45, 2.75) is 6.92 Å². The lowest BCUT2D eigenvalue weighted by Crippen LogP contribution is -2.13. The Morgan fingerprint density at radius 3 is 2.56 bits per heavy atom. The van der Waals surface area contributed by atoms with Crippen LogP contribution in [0.25, 0.3) is 28.0 Å². The molecule has 0 saturated heterocycles. The SMILES string of the molecule is Cc1cccc(-c2ccccc2-c2ccc3ncc(C(N)=O)n3c2)n1. The lowest BCUT2D eigenvalue weighted by Gasteiger charge is -2.11. The van der Waals surface area contributed by atoms with Crippen molar-refractivity contribution < 1.29 is 4.79 Å². The molecule has 0 radical (unpaired) electrons. The Hall–Kier alpha value is -3.47. The number of hydrogen-bond acceptors (Lipinski definition) is 3. The molecule has 25 heavy (non-hydrogen) atoms. The van der Waals surface area contributed by atoms with Crippen molar-refractivity contribution in [2.75, 3.05) is 0 Å². The number of carbonyl (C=O) groups excluding carboxylic acids is 1. The van der Waals surface area contributed by atoms with Gasteiger partial charge >= 0.3 is 0 Å². The molecule has 4 aromatic rings. The number of imidazole rings is 1. The Morgan fingerprint density at radius 2 is 1.80 bits per heavy atom. The van der Waals surface area contributed by atoms with E-state index in [4.69, 9.17) is 5.73 Å². The van der Waals surface area contributed by atoms with Crippen molar-refractivity contribution >= 4 is 11.6 Å². The maximum atomic E-state index is 11.6. The van der Waals surface area contributed by atoms with Crippen LogP contribution in [0.5, 0.6) is 0 Å². The first-order valence-electron chi connectivity index (χ1n) is 7.94. The predicted octanol–water partition coefficient (Wildman–Crippen LogP) is 3.47. The largest absolute Gasteiger partial charge is 0.364 e. The second kappa shape index (κ2) is 5.87. The van der Waals surface area contributed by atoms with Gasteiger partial charge in [-0.25, -0.2) is 4.98 Å². The number of pyridine rings is 2. The molecule has 0 aliphatic carbocycles. The standard InChI is InChI=1S/C20H16N4O/c1-13-5-4-8-17(23-13)16-7-3-2-6-15(16)14-9-10-19-22-11-18(20(21)25)24(19)12-14/h2-12H,1H3,(H2,21,25). The maximum Gasteiger partial charge on any atom is 0.267 e. The summed E-state index contributed by atoms with van der Waals surface area (Å²) in [5.41, 5.74) is 11.4. The van der Waals surface area contributed by atoms with Gasteiger partial charge in [-0.3, -0.25) is 14.2 Å². The third-order valence-corrected chi connectivity index (χ3v) is 4.16. The van der Waals surface area contributed by atoms with Crippen LogP contribution in [-0.2, 0) is 0 Å². The molecule has 5 nitrogen and oxygen atoms in total. The number of nitrogens with two attached hydrogens (primary N) is 1. The lowest BCUT2D eigenvalue weighted by atomic mass is 9.98. The summed E-state index contributed by atoms with van der Waals surface area (Å²) in [5, 5.41) is 0. The van der Waals surface area contributed by atoms with E-state index >= 15 is 0 Å². The van der Waals surface area contributed by atoms with E-state index in [9.17, 15) is 4.79 Å². The van der Waals surface area contributed by atoms with Gasteiger partial charge in [0.1, 0.15) is 11.3 Å². The first-order chi connectivity index (χ1) is 12.1. The predicted molar refractivity (Wildman–Crippen MR) is 97.1 cm³/mol. The minimum absolute atomic E-state index is 0.364. The van der Waals surface area contributed by atoms with E-state index in [1.54, 1.807) is 4.40 Å². The van der Waals surface area contributed by atoms with Gasteiger partial charge in [0.2, 0.25) is 0 Å². The molecule has 2 N–H and O–H groups in total. The summed E-state index contributed by atoms with van der Waals surface area (Å²) in [5.74, 6) is -0.502. The van der Waals surface area contributed by atoms with Crippen molar-refractivity contribution in [2.24, 2.45) is 5.73 Å². The Bertz CT molecular complexity index is 1100. The number of amides is 1. The molecule has 0 atom stereocenters. The van der Waals surface area contributed by atoms with E-state index in [2.05, 4.69) is 9.97 Å². The zero-order valence-corrected chi connectivity index (χ0v) is 13.7. The van der Waals surface area contributed by atoms with Crippen LogP contribution < -0.4 is 5.73 Å². The molecular weight excluding hydrogens is 312 g/mol. The highest BCUT2D eigenvalue weighted by atomic mass is 16.1. The quantitative estimate of drug-likeness (QED) is 0.626. The molecule has 0 spiro atoms. The van der Waals surface area contributed by atoms with E-state index in [-0.39, 0.29) is 0 Å². The van der Waals surface area contributed by atoms with E-state index in [1.807, 2.05) is 67.7 Å². The summed E-state index contributed by atoms with van der Waals surface area (Å²) in [4.78, 5) is 20.5. The van der Waals surface area contributed by atoms with Crippen LogP contribution in [0.2, 0.25) is 0 Å². The fraction of sp³-hybridized carbons (Fsp3) is 0.0500. The first-order valence-corrected chi connectivity index (χ1v) is 7.94. The van der Waals surface area contributed by atoms with Gasteiger partial charge in [-0.1, -0.05) is 30.3 Å². The van der Waals surface area contributed by atoms with Crippen LogP contribution in [-0.4, -0.2) is 20.3 Å². The van der Waals surface area contributed by atoms with Gasteiger partial charge in [-0.2, -0.15) is 0 Å². The average molecular weight is 328 g/mol. The zero-order valence-electron chi connectivity index (χ0n) is 13.7. The van der Waals surface area contributed by atoms with Gasteiger partial charge in [0.25, 0.3) is 5.91 Å². The van der Waals surface area contributed by atoms with Gasteiger partial charge in [0, 0.05) is 17.5 Å². The molecule has 0 aliphatic rings. The Labute approximate surface area is 144 Å². The number of aromatic nitrogens is 3. The summed E-state index contributed by atoms with van der Waals surface area (Å²) in [6.45, 7) is 1.97. The number of rotatable bonds is 3. The number of fused-ring (bicyclic) bond motifs is 1. The third kappa shape index (κ3) is 2.65. The van der Waals surface area contributed by atoms with Crippen LogP contribution in [0.1, 0.15) is 16.2 Å². The Kier molecular flexibility index (Phi) is 3.54. The summed E-state index contributed by atoms with van der Waals surface area (Å²) >= 11 is 0. The van der Waals surface area contributed by atoms with Crippen LogP contribution in [0.4, 0.5) is 0 Å². The van der Waals surface area contributed by atoms with Crippen molar-refractivity contribution in [3.05, 3.63) is 78.4 Å².